The molecule has 2 atom stereocenters. The summed E-state index contributed by atoms with van der Waals surface area (Å²) >= 11 is 0. The van der Waals surface area contributed by atoms with Crippen LogP contribution >= 0.6 is 12.4 Å². The van der Waals surface area contributed by atoms with Gasteiger partial charge in [-0.25, -0.2) is 0 Å². The highest BCUT2D eigenvalue weighted by Crippen LogP contribution is 2.27. The fourth-order valence-electron chi connectivity index (χ4n) is 2.90. The van der Waals surface area contributed by atoms with Crippen molar-refractivity contribution in [3.05, 3.63) is 18.0 Å². The van der Waals surface area contributed by atoms with Crippen LogP contribution in [0.2, 0.25) is 0 Å². The SMILES string of the molecule is Cl.Cn1cc(C(O)CC2CCCN2CC(C)(C)N)cn1. The van der Waals surface area contributed by atoms with Crippen molar-refractivity contribution in [3.8, 4) is 0 Å². The van der Waals surface area contributed by atoms with E-state index in [1.807, 2.05) is 13.2 Å². The Labute approximate surface area is 127 Å². The van der Waals surface area contributed by atoms with Crippen LogP contribution in [0.1, 0.15) is 44.8 Å². The van der Waals surface area contributed by atoms with E-state index in [0.717, 1.165) is 31.5 Å². The van der Waals surface area contributed by atoms with Crippen molar-refractivity contribution < 1.29 is 5.11 Å². The third-order valence-corrected chi connectivity index (χ3v) is 3.71. The van der Waals surface area contributed by atoms with Gasteiger partial charge in [0.25, 0.3) is 0 Å². The zero-order valence-electron chi connectivity index (χ0n) is 12.6. The zero-order valence-corrected chi connectivity index (χ0v) is 13.4. The van der Waals surface area contributed by atoms with Gasteiger partial charge in [0.2, 0.25) is 0 Å². The van der Waals surface area contributed by atoms with Crippen molar-refractivity contribution in [2.45, 2.75) is 50.8 Å². The van der Waals surface area contributed by atoms with Crippen molar-refractivity contribution in [2.75, 3.05) is 13.1 Å². The van der Waals surface area contributed by atoms with Gasteiger partial charge in [0.1, 0.15) is 0 Å². The van der Waals surface area contributed by atoms with Crippen LogP contribution in [-0.4, -0.2) is 44.5 Å². The first-order valence-electron chi connectivity index (χ1n) is 7.05. The molecule has 116 valence electrons. The third kappa shape index (κ3) is 4.74. The second-order valence-electron chi connectivity index (χ2n) is 6.45. The summed E-state index contributed by atoms with van der Waals surface area (Å²) in [7, 11) is 1.87. The van der Waals surface area contributed by atoms with Crippen molar-refractivity contribution in [1.82, 2.24) is 14.7 Å². The Balaban J connectivity index is 0.00000200. The summed E-state index contributed by atoms with van der Waals surface area (Å²) in [4.78, 5) is 2.42. The average Bonchev–Trinajstić information content (AvgIpc) is 2.86. The van der Waals surface area contributed by atoms with E-state index < -0.39 is 6.10 Å². The Morgan fingerprint density at radius 1 is 1.55 bits per heavy atom. The molecule has 5 nitrogen and oxygen atoms in total. The first kappa shape index (κ1) is 17.4. The topological polar surface area (TPSA) is 67.3 Å². The molecule has 0 aromatic carbocycles. The van der Waals surface area contributed by atoms with Crippen LogP contribution < -0.4 is 5.73 Å². The molecule has 20 heavy (non-hydrogen) atoms. The molecule has 1 fully saturated rings. The number of likely N-dealkylation sites (tertiary alicyclic amines) is 1. The first-order chi connectivity index (χ1) is 8.85. The molecule has 2 heterocycles. The summed E-state index contributed by atoms with van der Waals surface area (Å²) in [6, 6.07) is 0.429. The van der Waals surface area contributed by atoms with Crippen molar-refractivity contribution >= 4 is 12.4 Å². The molecule has 6 heteroatoms. The lowest BCUT2D eigenvalue weighted by molar-refractivity contribution is 0.112. The number of hydrogen-bond donors (Lipinski definition) is 2. The van der Waals surface area contributed by atoms with Gasteiger partial charge in [-0.15, -0.1) is 12.4 Å². The molecule has 0 radical (unpaired) electrons. The van der Waals surface area contributed by atoms with Crippen molar-refractivity contribution in [1.29, 1.82) is 0 Å². The van der Waals surface area contributed by atoms with E-state index in [1.54, 1.807) is 10.9 Å². The van der Waals surface area contributed by atoms with Gasteiger partial charge >= 0.3 is 0 Å². The molecular weight excluding hydrogens is 276 g/mol. The van der Waals surface area contributed by atoms with E-state index in [2.05, 4.69) is 23.8 Å². The van der Waals surface area contributed by atoms with Gasteiger partial charge in [-0.1, -0.05) is 0 Å². The molecule has 1 aliphatic heterocycles. The predicted molar refractivity (Wildman–Crippen MR) is 82.9 cm³/mol. The average molecular weight is 303 g/mol. The first-order valence-corrected chi connectivity index (χ1v) is 7.05. The molecule has 0 saturated carbocycles. The van der Waals surface area contributed by atoms with Gasteiger partial charge in [0.15, 0.2) is 0 Å². The largest absolute Gasteiger partial charge is 0.388 e. The van der Waals surface area contributed by atoms with Crippen LogP contribution in [0, 0.1) is 0 Å². The zero-order chi connectivity index (χ0) is 14.0. The smallest absolute Gasteiger partial charge is 0.0835 e. The van der Waals surface area contributed by atoms with Gasteiger partial charge in [-0.2, -0.15) is 5.10 Å². The number of aromatic nitrogens is 2. The summed E-state index contributed by atoms with van der Waals surface area (Å²) in [5.74, 6) is 0. The third-order valence-electron chi connectivity index (χ3n) is 3.71. The van der Waals surface area contributed by atoms with Crippen LogP contribution in [0.15, 0.2) is 12.4 Å². The summed E-state index contributed by atoms with van der Waals surface area (Å²) in [6.07, 6.45) is 6.31. The highest BCUT2D eigenvalue weighted by molar-refractivity contribution is 5.85. The molecule has 0 bridgehead atoms. The molecule has 0 aliphatic carbocycles. The maximum Gasteiger partial charge on any atom is 0.0835 e. The number of aliphatic hydroxyl groups is 1. The number of rotatable bonds is 5. The van der Waals surface area contributed by atoms with E-state index in [1.165, 1.54) is 6.42 Å². The Morgan fingerprint density at radius 3 is 2.80 bits per heavy atom. The molecule has 1 aliphatic rings. The van der Waals surface area contributed by atoms with Crippen LogP contribution in [0.5, 0.6) is 0 Å². The lowest BCUT2D eigenvalue weighted by atomic mass is 10.0. The predicted octanol–water partition coefficient (Wildman–Crippen LogP) is 1.47. The van der Waals surface area contributed by atoms with Crippen LogP contribution in [0.3, 0.4) is 0 Å². The molecule has 1 aromatic rings. The Kier molecular flexibility index (Phi) is 6.01. The second-order valence-corrected chi connectivity index (χ2v) is 6.45. The number of nitrogens with two attached hydrogens (primary N) is 1. The molecular formula is C14H27ClN4O. The lowest BCUT2D eigenvalue weighted by Gasteiger charge is -2.32. The van der Waals surface area contributed by atoms with Crippen LogP contribution in [0.4, 0.5) is 0 Å². The van der Waals surface area contributed by atoms with E-state index in [0.29, 0.717) is 6.04 Å². The summed E-state index contributed by atoms with van der Waals surface area (Å²) in [5.41, 5.74) is 6.83. The molecule has 1 saturated heterocycles. The maximum absolute atomic E-state index is 10.3. The number of aliphatic hydroxyl groups excluding tert-OH is 1. The van der Waals surface area contributed by atoms with Gasteiger partial charge in [-0.3, -0.25) is 9.58 Å². The van der Waals surface area contributed by atoms with Gasteiger partial charge in [-0.05, 0) is 39.7 Å². The van der Waals surface area contributed by atoms with E-state index >= 15 is 0 Å². The van der Waals surface area contributed by atoms with E-state index in [4.69, 9.17) is 5.73 Å². The number of aryl methyl sites for hydroxylation is 1. The number of halogens is 1. The van der Waals surface area contributed by atoms with Gasteiger partial charge < -0.3 is 10.8 Å². The van der Waals surface area contributed by atoms with Gasteiger partial charge in [0.05, 0.1) is 12.3 Å². The highest BCUT2D eigenvalue weighted by atomic mass is 35.5. The Hall–Kier alpha value is -0.620. The Morgan fingerprint density at radius 2 is 2.25 bits per heavy atom. The number of nitrogens with zero attached hydrogens (tertiary/aromatic N) is 3. The summed E-state index contributed by atoms with van der Waals surface area (Å²) in [6.45, 7) is 6.09. The second kappa shape index (κ2) is 6.89. The van der Waals surface area contributed by atoms with Crippen molar-refractivity contribution in [3.63, 3.8) is 0 Å². The number of hydrogen-bond acceptors (Lipinski definition) is 4. The fraction of sp³-hybridized carbons (Fsp3) is 0.786. The minimum absolute atomic E-state index is 0. The quantitative estimate of drug-likeness (QED) is 0.864. The summed E-state index contributed by atoms with van der Waals surface area (Å²) in [5, 5.41) is 14.4. The maximum atomic E-state index is 10.3. The molecule has 2 rings (SSSR count). The lowest BCUT2D eigenvalue weighted by Crippen LogP contribution is -2.47. The molecule has 0 spiro atoms. The standard InChI is InChI=1S/C14H26N4O.ClH/c1-14(2,15)10-18-6-4-5-12(18)7-13(19)11-8-16-17(3)9-11;/h8-9,12-13,19H,4-7,10,15H2,1-3H3;1H. The highest BCUT2D eigenvalue weighted by Gasteiger charge is 2.30. The monoisotopic (exact) mass is 302 g/mol. The van der Waals surface area contributed by atoms with E-state index in [9.17, 15) is 5.11 Å². The normalized spacial score (nSPS) is 21.8. The molecule has 2 unspecified atom stereocenters. The Bertz CT molecular complexity index is 416. The van der Waals surface area contributed by atoms with Crippen LogP contribution in [0.25, 0.3) is 0 Å². The molecule has 1 aromatic heterocycles. The van der Waals surface area contributed by atoms with Gasteiger partial charge in [0, 0.05) is 36.9 Å². The molecule has 0 amide bonds. The van der Waals surface area contributed by atoms with E-state index in [-0.39, 0.29) is 17.9 Å². The minimum Gasteiger partial charge on any atom is -0.388 e. The fourth-order valence-corrected chi connectivity index (χ4v) is 2.90. The minimum atomic E-state index is -0.430. The summed E-state index contributed by atoms with van der Waals surface area (Å²) < 4.78 is 1.73. The van der Waals surface area contributed by atoms with Crippen LogP contribution in [-0.2, 0) is 7.05 Å². The molecule has 3 N–H and O–H groups in total. The van der Waals surface area contributed by atoms with Crippen molar-refractivity contribution in [2.24, 2.45) is 12.8 Å².